The van der Waals surface area contributed by atoms with E-state index in [2.05, 4.69) is 25.5 Å². The third-order valence-corrected chi connectivity index (χ3v) is 4.32. The predicted molar refractivity (Wildman–Crippen MR) is 94.7 cm³/mol. The second-order valence-corrected chi connectivity index (χ2v) is 5.91. The maximum absolute atomic E-state index is 12.5. The normalized spacial score (nSPS) is 15.0. The summed E-state index contributed by atoms with van der Waals surface area (Å²) in [5.41, 5.74) is 1.36. The third-order valence-electron chi connectivity index (χ3n) is 4.32. The van der Waals surface area contributed by atoms with Gasteiger partial charge in [-0.05, 0) is 12.5 Å². The van der Waals surface area contributed by atoms with Crippen LogP contribution in [-0.4, -0.2) is 77.3 Å². The van der Waals surface area contributed by atoms with Crippen molar-refractivity contribution in [2.75, 3.05) is 46.5 Å². The summed E-state index contributed by atoms with van der Waals surface area (Å²) in [5.74, 6) is 0.859. The highest BCUT2D eigenvalue weighted by atomic mass is 16.5. The van der Waals surface area contributed by atoms with E-state index in [0.717, 1.165) is 38.5 Å². The van der Waals surface area contributed by atoms with Gasteiger partial charge in [0.05, 0.1) is 37.8 Å². The molecule has 0 aromatic carbocycles. The second kappa shape index (κ2) is 8.72. The van der Waals surface area contributed by atoms with Crippen LogP contribution in [-0.2, 0) is 11.2 Å². The molecule has 1 fully saturated rings. The average Bonchev–Trinajstić information content (AvgIpc) is 3.13. The molecule has 3 rings (SSSR count). The van der Waals surface area contributed by atoms with Crippen molar-refractivity contribution < 1.29 is 14.3 Å². The van der Waals surface area contributed by atoms with E-state index in [1.54, 1.807) is 23.0 Å². The zero-order chi connectivity index (χ0) is 18.4. The Labute approximate surface area is 152 Å². The SMILES string of the molecule is CCc1c(C(=O)NCCN2CCOCC2)cnn1-c1ccc(OC)nn1. The van der Waals surface area contributed by atoms with E-state index in [9.17, 15) is 4.79 Å². The van der Waals surface area contributed by atoms with Crippen molar-refractivity contribution >= 4 is 5.91 Å². The molecule has 0 unspecified atom stereocenters. The Hall–Kier alpha value is -2.52. The van der Waals surface area contributed by atoms with Crippen LogP contribution >= 0.6 is 0 Å². The van der Waals surface area contributed by atoms with Crippen LogP contribution in [0, 0.1) is 0 Å². The second-order valence-electron chi connectivity index (χ2n) is 5.91. The quantitative estimate of drug-likeness (QED) is 0.759. The Morgan fingerprint density at radius 3 is 2.77 bits per heavy atom. The van der Waals surface area contributed by atoms with E-state index in [-0.39, 0.29) is 5.91 Å². The van der Waals surface area contributed by atoms with Gasteiger partial charge in [-0.2, -0.15) is 5.10 Å². The van der Waals surface area contributed by atoms with Gasteiger partial charge in [0.1, 0.15) is 0 Å². The van der Waals surface area contributed by atoms with E-state index in [0.29, 0.717) is 30.2 Å². The van der Waals surface area contributed by atoms with Gasteiger partial charge in [0, 0.05) is 32.2 Å². The molecule has 1 N–H and O–H groups in total. The number of hydrogen-bond donors (Lipinski definition) is 1. The Bertz CT molecular complexity index is 725. The van der Waals surface area contributed by atoms with Crippen molar-refractivity contribution in [1.82, 2.24) is 30.2 Å². The number of methoxy groups -OCH3 is 1. The molecule has 0 aliphatic carbocycles. The molecule has 3 heterocycles. The van der Waals surface area contributed by atoms with Crippen molar-refractivity contribution in [3.8, 4) is 11.7 Å². The number of nitrogens with one attached hydrogen (secondary N) is 1. The fourth-order valence-corrected chi connectivity index (χ4v) is 2.88. The number of aromatic nitrogens is 4. The first-order valence-corrected chi connectivity index (χ1v) is 8.76. The average molecular weight is 360 g/mol. The summed E-state index contributed by atoms with van der Waals surface area (Å²) in [7, 11) is 1.54. The fraction of sp³-hybridized carbons (Fsp3) is 0.529. The molecular weight excluding hydrogens is 336 g/mol. The zero-order valence-electron chi connectivity index (χ0n) is 15.1. The van der Waals surface area contributed by atoms with Crippen LogP contribution in [0.25, 0.3) is 5.82 Å². The van der Waals surface area contributed by atoms with Crippen LogP contribution < -0.4 is 10.1 Å². The topological polar surface area (TPSA) is 94.4 Å². The summed E-state index contributed by atoms with van der Waals surface area (Å²) in [6, 6.07) is 3.48. The minimum absolute atomic E-state index is 0.122. The number of nitrogens with zero attached hydrogens (tertiary/aromatic N) is 5. The van der Waals surface area contributed by atoms with Crippen molar-refractivity contribution in [3.05, 3.63) is 29.6 Å². The number of hydrogen-bond acceptors (Lipinski definition) is 7. The molecule has 140 valence electrons. The number of carbonyl (C=O) groups excluding carboxylic acids is 1. The molecule has 2 aromatic heterocycles. The van der Waals surface area contributed by atoms with Crippen LogP contribution in [0.2, 0.25) is 0 Å². The van der Waals surface area contributed by atoms with Gasteiger partial charge in [0.2, 0.25) is 5.88 Å². The molecule has 9 nitrogen and oxygen atoms in total. The zero-order valence-corrected chi connectivity index (χ0v) is 15.1. The molecule has 0 radical (unpaired) electrons. The summed E-state index contributed by atoms with van der Waals surface area (Å²) >= 11 is 0. The molecule has 9 heteroatoms. The molecule has 0 atom stereocenters. The van der Waals surface area contributed by atoms with Crippen LogP contribution in [0.4, 0.5) is 0 Å². The lowest BCUT2D eigenvalue weighted by Gasteiger charge is -2.26. The summed E-state index contributed by atoms with van der Waals surface area (Å²) in [6.45, 7) is 6.71. The van der Waals surface area contributed by atoms with Gasteiger partial charge >= 0.3 is 0 Å². The lowest BCUT2D eigenvalue weighted by atomic mass is 10.2. The van der Waals surface area contributed by atoms with Gasteiger partial charge in [-0.25, -0.2) is 4.68 Å². The highest BCUT2D eigenvalue weighted by Crippen LogP contribution is 2.15. The van der Waals surface area contributed by atoms with Gasteiger partial charge < -0.3 is 14.8 Å². The standard InChI is InChI=1S/C17H24N6O3/c1-3-14-13(17(24)18-6-7-22-8-10-26-11-9-22)12-19-23(14)15-4-5-16(25-2)21-20-15/h4-5,12H,3,6-11H2,1-2H3,(H,18,24). The Morgan fingerprint density at radius 2 is 2.12 bits per heavy atom. The maximum Gasteiger partial charge on any atom is 0.254 e. The summed E-state index contributed by atoms with van der Waals surface area (Å²) in [6.07, 6.45) is 2.23. The summed E-state index contributed by atoms with van der Waals surface area (Å²) in [4.78, 5) is 14.8. The van der Waals surface area contributed by atoms with E-state index in [4.69, 9.17) is 9.47 Å². The minimum atomic E-state index is -0.122. The number of carbonyl (C=O) groups is 1. The maximum atomic E-state index is 12.5. The Kier molecular flexibility index (Phi) is 6.13. The van der Waals surface area contributed by atoms with Gasteiger partial charge in [0.25, 0.3) is 5.91 Å². The van der Waals surface area contributed by atoms with E-state index >= 15 is 0 Å². The van der Waals surface area contributed by atoms with Gasteiger partial charge in [-0.3, -0.25) is 9.69 Å². The van der Waals surface area contributed by atoms with Crippen molar-refractivity contribution in [2.24, 2.45) is 0 Å². The summed E-state index contributed by atoms with van der Waals surface area (Å²) < 4.78 is 12.0. The molecule has 1 amide bonds. The number of ether oxygens (including phenoxy) is 2. The van der Waals surface area contributed by atoms with E-state index < -0.39 is 0 Å². The van der Waals surface area contributed by atoms with Crippen LogP contribution in [0.3, 0.4) is 0 Å². The van der Waals surface area contributed by atoms with Gasteiger partial charge in [-0.1, -0.05) is 6.92 Å². The van der Waals surface area contributed by atoms with Crippen molar-refractivity contribution in [1.29, 1.82) is 0 Å². The number of rotatable bonds is 7. The predicted octanol–water partition coefficient (Wildman–Crippen LogP) is 0.295. The molecule has 1 aliphatic rings. The highest BCUT2D eigenvalue weighted by molar-refractivity contribution is 5.95. The van der Waals surface area contributed by atoms with Crippen molar-refractivity contribution in [2.45, 2.75) is 13.3 Å². The van der Waals surface area contributed by atoms with Gasteiger partial charge in [0.15, 0.2) is 5.82 Å². The Morgan fingerprint density at radius 1 is 1.31 bits per heavy atom. The molecule has 1 saturated heterocycles. The van der Waals surface area contributed by atoms with Crippen LogP contribution in [0.15, 0.2) is 18.3 Å². The molecule has 0 bridgehead atoms. The van der Waals surface area contributed by atoms with E-state index in [1.165, 1.54) is 7.11 Å². The largest absolute Gasteiger partial charge is 0.480 e. The molecular formula is C17H24N6O3. The first-order chi connectivity index (χ1) is 12.7. The minimum Gasteiger partial charge on any atom is -0.480 e. The fourth-order valence-electron chi connectivity index (χ4n) is 2.88. The number of amides is 1. The Balaban J connectivity index is 1.65. The van der Waals surface area contributed by atoms with E-state index in [1.807, 2.05) is 6.92 Å². The molecule has 1 aliphatic heterocycles. The molecule has 0 spiro atoms. The van der Waals surface area contributed by atoms with Gasteiger partial charge in [-0.15, -0.1) is 10.2 Å². The van der Waals surface area contributed by atoms with Crippen LogP contribution in [0.5, 0.6) is 5.88 Å². The lowest BCUT2D eigenvalue weighted by molar-refractivity contribution is 0.0383. The highest BCUT2D eigenvalue weighted by Gasteiger charge is 2.18. The first kappa shape index (κ1) is 18.3. The lowest BCUT2D eigenvalue weighted by Crippen LogP contribution is -2.41. The summed E-state index contributed by atoms with van der Waals surface area (Å²) in [5, 5.41) is 15.3. The smallest absolute Gasteiger partial charge is 0.254 e. The van der Waals surface area contributed by atoms with Crippen molar-refractivity contribution in [3.63, 3.8) is 0 Å². The molecule has 26 heavy (non-hydrogen) atoms. The van der Waals surface area contributed by atoms with Crippen LogP contribution in [0.1, 0.15) is 23.0 Å². The molecule has 2 aromatic rings. The molecule has 0 saturated carbocycles. The first-order valence-electron chi connectivity index (χ1n) is 8.76. The number of morpholine rings is 1. The monoisotopic (exact) mass is 360 g/mol. The third kappa shape index (κ3) is 4.17.